The first kappa shape index (κ1) is 18.2. The van der Waals surface area contributed by atoms with Gasteiger partial charge in [-0.3, -0.25) is 18.5 Å². The van der Waals surface area contributed by atoms with E-state index in [9.17, 15) is 9.59 Å². The Hall–Kier alpha value is -3.16. The van der Waals surface area contributed by atoms with Crippen molar-refractivity contribution in [1.29, 1.82) is 0 Å². The summed E-state index contributed by atoms with van der Waals surface area (Å²) in [5.74, 6) is 0.594. The molecule has 0 bridgehead atoms. The van der Waals surface area contributed by atoms with Gasteiger partial charge in [0.15, 0.2) is 11.2 Å². The summed E-state index contributed by atoms with van der Waals surface area (Å²) in [4.78, 5) is 31.0. The SMILES string of the molecule is CCN1N=C(C)[C@H](C)n2c1nc1c2c(=O)n(Cc2ccccc2C)c(=O)n1C. The van der Waals surface area contributed by atoms with Crippen LogP contribution in [0.5, 0.6) is 0 Å². The molecule has 0 aliphatic carbocycles. The number of hydrogen-bond acceptors (Lipinski definition) is 5. The van der Waals surface area contributed by atoms with Crippen molar-refractivity contribution in [2.24, 2.45) is 12.1 Å². The highest BCUT2D eigenvalue weighted by molar-refractivity contribution is 5.91. The predicted octanol–water partition coefficient (Wildman–Crippen LogP) is 2.03. The molecule has 8 nitrogen and oxygen atoms in total. The third kappa shape index (κ3) is 2.51. The molecule has 0 saturated carbocycles. The molecule has 2 aromatic heterocycles. The smallest absolute Gasteiger partial charge is 0.294 e. The number of rotatable bonds is 3. The van der Waals surface area contributed by atoms with E-state index in [0.717, 1.165) is 16.8 Å². The molecule has 0 N–H and O–H groups in total. The van der Waals surface area contributed by atoms with Crippen LogP contribution in [0.1, 0.15) is 37.9 Å². The number of aromatic nitrogens is 4. The molecule has 0 radical (unpaired) electrons. The molecule has 3 aromatic rings. The van der Waals surface area contributed by atoms with Gasteiger partial charge in [-0.15, -0.1) is 0 Å². The summed E-state index contributed by atoms with van der Waals surface area (Å²) in [6.07, 6.45) is 0. The van der Waals surface area contributed by atoms with E-state index in [1.165, 1.54) is 9.13 Å². The molecule has 1 aliphatic rings. The number of nitrogens with zero attached hydrogens (tertiary/aromatic N) is 6. The summed E-state index contributed by atoms with van der Waals surface area (Å²) in [7, 11) is 1.66. The van der Waals surface area contributed by atoms with Gasteiger partial charge in [-0.2, -0.15) is 10.1 Å². The molecule has 28 heavy (non-hydrogen) atoms. The van der Waals surface area contributed by atoms with Crippen LogP contribution in [-0.4, -0.2) is 30.9 Å². The van der Waals surface area contributed by atoms with Crippen LogP contribution in [0.15, 0.2) is 39.0 Å². The number of anilines is 1. The normalized spacial score (nSPS) is 16.4. The Morgan fingerprint density at radius 3 is 2.54 bits per heavy atom. The highest BCUT2D eigenvalue weighted by Crippen LogP contribution is 2.29. The molecule has 8 heteroatoms. The molecule has 4 rings (SSSR count). The average Bonchev–Trinajstić information content (AvgIpc) is 3.09. The van der Waals surface area contributed by atoms with E-state index in [1.807, 2.05) is 56.5 Å². The monoisotopic (exact) mass is 380 g/mol. The minimum Gasteiger partial charge on any atom is -0.294 e. The number of hydrazone groups is 1. The zero-order chi connectivity index (χ0) is 20.2. The van der Waals surface area contributed by atoms with Crippen molar-refractivity contribution in [2.75, 3.05) is 11.6 Å². The number of hydrogen-bond donors (Lipinski definition) is 0. The van der Waals surface area contributed by atoms with E-state index in [4.69, 9.17) is 0 Å². The van der Waals surface area contributed by atoms with Crippen molar-refractivity contribution < 1.29 is 0 Å². The minimum absolute atomic E-state index is 0.111. The molecule has 146 valence electrons. The van der Waals surface area contributed by atoms with Gasteiger partial charge in [0.25, 0.3) is 5.56 Å². The second-order valence-corrected chi connectivity index (χ2v) is 7.25. The molecular weight excluding hydrogens is 356 g/mol. The van der Waals surface area contributed by atoms with Gasteiger partial charge in [0, 0.05) is 13.6 Å². The van der Waals surface area contributed by atoms with Crippen molar-refractivity contribution in [3.63, 3.8) is 0 Å². The fraction of sp³-hybridized carbons (Fsp3) is 0.400. The lowest BCUT2D eigenvalue weighted by Gasteiger charge is -2.28. The predicted molar refractivity (Wildman–Crippen MR) is 110 cm³/mol. The molecule has 0 spiro atoms. The fourth-order valence-electron chi connectivity index (χ4n) is 3.69. The van der Waals surface area contributed by atoms with Gasteiger partial charge in [-0.05, 0) is 38.8 Å². The first-order valence-electron chi connectivity index (χ1n) is 9.44. The van der Waals surface area contributed by atoms with Gasteiger partial charge in [-0.25, -0.2) is 9.80 Å². The Morgan fingerprint density at radius 1 is 1.14 bits per heavy atom. The lowest BCUT2D eigenvalue weighted by atomic mass is 10.1. The van der Waals surface area contributed by atoms with Gasteiger partial charge in [0.05, 0.1) is 18.3 Å². The van der Waals surface area contributed by atoms with E-state index in [-0.39, 0.29) is 23.8 Å². The van der Waals surface area contributed by atoms with E-state index in [0.29, 0.717) is 23.7 Å². The maximum Gasteiger partial charge on any atom is 0.332 e. The summed E-state index contributed by atoms with van der Waals surface area (Å²) in [6.45, 7) is 8.74. The molecule has 1 aromatic carbocycles. The molecule has 0 saturated heterocycles. The largest absolute Gasteiger partial charge is 0.332 e. The van der Waals surface area contributed by atoms with Crippen molar-refractivity contribution in [3.05, 3.63) is 56.2 Å². The molecule has 0 amide bonds. The second-order valence-electron chi connectivity index (χ2n) is 7.25. The third-order valence-electron chi connectivity index (χ3n) is 5.55. The molecule has 0 fully saturated rings. The molecule has 3 heterocycles. The Bertz CT molecular complexity index is 1230. The summed E-state index contributed by atoms with van der Waals surface area (Å²) in [6, 6.07) is 7.66. The van der Waals surface area contributed by atoms with Gasteiger partial charge in [0.2, 0.25) is 5.95 Å². The molecular formula is C20H24N6O2. The third-order valence-corrected chi connectivity index (χ3v) is 5.55. The standard InChI is InChI=1S/C20H24N6O2/c1-6-25-19-21-17-16(26(19)14(4)13(3)22-25)18(27)24(20(28)23(17)5)11-15-10-8-7-9-12(15)2/h7-10,14H,6,11H2,1-5H3/t14-/m0/s1. The van der Waals surface area contributed by atoms with E-state index >= 15 is 0 Å². The van der Waals surface area contributed by atoms with Crippen LogP contribution in [-0.2, 0) is 13.6 Å². The van der Waals surface area contributed by atoms with Crippen LogP contribution in [0.25, 0.3) is 11.2 Å². The highest BCUT2D eigenvalue weighted by atomic mass is 16.2. The Kier molecular flexibility index (Phi) is 4.21. The lowest BCUT2D eigenvalue weighted by molar-refractivity contribution is 0.630. The zero-order valence-corrected chi connectivity index (χ0v) is 16.8. The molecule has 1 aliphatic heterocycles. The topological polar surface area (TPSA) is 77.4 Å². The van der Waals surface area contributed by atoms with Gasteiger partial charge in [0.1, 0.15) is 0 Å². The zero-order valence-electron chi connectivity index (χ0n) is 16.8. The van der Waals surface area contributed by atoms with Gasteiger partial charge in [-0.1, -0.05) is 24.3 Å². The molecule has 1 atom stereocenters. The average molecular weight is 380 g/mol. The lowest BCUT2D eigenvalue weighted by Crippen LogP contribution is -2.40. The van der Waals surface area contributed by atoms with Crippen LogP contribution in [0.4, 0.5) is 5.95 Å². The number of imidazole rings is 1. The van der Waals surface area contributed by atoms with Crippen molar-refractivity contribution in [3.8, 4) is 0 Å². The Labute approximate surface area is 162 Å². The van der Waals surface area contributed by atoms with E-state index < -0.39 is 0 Å². The van der Waals surface area contributed by atoms with Crippen molar-refractivity contribution in [2.45, 2.75) is 40.3 Å². The van der Waals surface area contributed by atoms with Crippen LogP contribution in [0.2, 0.25) is 0 Å². The van der Waals surface area contributed by atoms with Crippen molar-refractivity contribution >= 4 is 22.8 Å². The summed E-state index contributed by atoms with van der Waals surface area (Å²) in [5, 5.41) is 6.34. The van der Waals surface area contributed by atoms with Crippen LogP contribution >= 0.6 is 0 Å². The second kappa shape index (κ2) is 6.47. The van der Waals surface area contributed by atoms with Crippen LogP contribution in [0, 0.1) is 6.92 Å². The Balaban J connectivity index is 2.02. The highest BCUT2D eigenvalue weighted by Gasteiger charge is 2.30. The number of aryl methyl sites for hydroxylation is 2. The number of fused-ring (bicyclic) bond motifs is 3. The first-order valence-corrected chi connectivity index (χ1v) is 9.44. The van der Waals surface area contributed by atoms with Crippen LogP contribution in [0.3, 0.4) is 0 Å². The minimum atomic E-state index is -0.371. The van der Waals surface area contributed by atoms with E-state index in [2.05, 4.69) is 10.1 Å². The number of benzene rings is 1. The summed E-state index contributed by atoms with van der Waals surface area (Å²) in [5.41, 5.74) is 3.02. The summed E-state index contributed by atoms with van der Waals surface area (Å²) >= 11 is 0. The quantitative estimate of drug-likeness (QED) is 0.697. The van der Waals surface area contributed by atoms with Crippen LogP contribution < -0.4 is 16.3 Å². The maximum absolute atomic E-state index is 13.4. The van der Waals surface area contributed by atoms with Gasteiger partial charge >= 0.3 is 5.69 Å². The Morgan fingerprint density at radius 2 is 1.86 bits per heavy atom. The van der Waals surface area contributed by atoms with Crippen molar-refractivity contribution in [1.82, 2.24) is 18.7 Å². The van der Waals surface area contributed by atoms with Gasteiger partial charge < -0.3 is 0 Å². The summed E-state index contributed by atoms with van der Waals surface area (Å²) < 4.78 is 4.65. The molecule has 0 unspecified atom stereocenters. The maximum atomic E-state index is 13.4. The fourth-order valence-corrected chi connectivity index (χ4v) is 3.69. The first-order chi connectivity index (χ1) is 13.3. The van der Waals surface area contributed by atoms with E-state index in [1.54, 1.807) is 12.1 Å².